The minimum absolute atomic E-state index is 0.526. The molecule has 164 valence electrons. The summed E-state index contributed by atoms with van der Waals surface area (Å²) in [4.78, 5) is 7.63. The van der Waals surface area contributed by atoms with Gasteiger partial charge in [0.1, 0.15) is 0 Å². The molecular weight excluding hydrogens is 404 g/mol. The summed E-state index contributed by atoms with van der Waals surface area (Å²) in [5.41, 5.74) is 8.01. The van der Waals surface area contributed by atoms with Crippen LogP contribution >= 0.6 is 11.9 Å². The zero-order valence-corrected chi connectivity index (χ0v) is 19.1. The molecule has 5 aliphatic rings. The molecule has 1 spiro atoms. The Morgan fingerprint density at radius 1 is 0.968 bits per heavy atom. The van der Waals surface area contributed by atoms with Gasteiger partial charge in [0.05, 0.1) is 0 Å². The second-order valence-electron chi connectivity index (χ2n) is 10.2. The molecular formula is C24H32N6S. The molecule has 31 heavy (non-hydrogen) atoms. The van der Waals surface area contributed by atoms with Gasteiger partial charge in [-0.05, 0) is 92.9 Å². The smallest absolute Gasteiger partial charge is 0.225 e. The minimum Gasteiger partial charge on any atom is -0.324 e. The molecule has 2 aliphatic heterocycles. The molecule has 2 saturated heterocycles. The maximum absolute atomic E-state index is 4.81. The Balaban J connectivity index is 1.03. The summed E-state index contributed by atoms with van der Waals surface area (Å²) in [5.74, 6) is 0.796. The van der Waals surface area contributed by atoms with Crippen LogP contribution in [0.1, 0.15) is 67.2 Å². The number of aromatic amines is 1. The summed E-state index contributed by atoms with van der Waals surface area (Å²) >= 11 is 1.73. The predicted octanol–water partition coefficient (Wildman–Crippen LogP) is 4.24. The van der Waals surface area contributed by atoms with Crippen LogP contribution in [0.5, 0.6) is 0 Å². The predicted molar refractivity (Wildman–Crippen MR) is 124 cm³/mol. The maximum atomic E-state index is 4.81. The fourth-order valence-electron chi connectivity index (χ4n) is 6.59. The van der Waals surface area contributed by atoms with E-state index in [1.54, 1.807) is 23.1 Å². The summed E-state index contributed by atoms with van der Waals surface area (Å²) in [7, 11) is 0. The third kappa shape index (κ3) is 3.23. The maximum Gasteiger partial charge on any atom is 0.225 e. The van der Waals surface area contributed by atoms with E-state index in [0.29, 0.717) is 5.54 Å². The third-order valence-corrected chi connectivity index (χ3v) is 9.43. The molecule has 3 aliphatic carbocycles. The number of anilines is 2. The SMILES string of the molecule is c1c2c(c(Nc3nc(SN4CCC5(CC4)CCN5C4CC4)n[nH]3)c3c1CCC3)CCC2. The number of likely N-dealkylation sites (tertiary alicyclic amines) is 1. The van der Waals surface area contributed by atoms with Gasteiger partial charge in [-0.25, -0.2) is 9.40 Å². The molecule has 0 radical (unpaired) electrons. The molecule has 1 aromatic carbocycles. The van der Waals surface area contributed by atoms with Gasteiger partial charge in [-0.2, -0.15) is 4.98 Å². The van der Waals surface area contributed by atoms with Gasteiger partial charge in [-0.1, -0.05) is 6.07 Å². The molecule has 2 aromatic rings. The van der Waals surface area contributed by atoms with Gasteiger partial charge in [0.2, 0.25) is 11.1 Å². The second kappa shape index (κ2) is 7.22. The average molecular weight is 437 g/mol. The van der Waals surface area contributed by atoms with Crippen LogP contribution in [0.2, 0.25) is 0 Å². The normalized spacial score (nSPS) is 24.9. The first-order chi connectivity index (χ1) is 15.3. The van der Waals surface area contributed by atoms with Crippen molar-refractivity contribution in [1.82, 2.24) is 24.4 Å². The number of benzene rings is 1. The van der Waals surface area contributed by atoms with Crippen LogP contribution in [-0.2, 0) is 25.7 Å². The van der Waals surface area contributed by atoms with Crippen molar-refractivity contribution in [2.45, 2.75) is 87.4 Å². The van der Waals surface area contributed by atoms with Crippen LogP contribution in [-0.4, -0.2) is 55.6 Å². The summed E-state index contributed by atoms with van der Waals surface area (Å²) < 4.78 is 2.47. The quantitative estimate of drug-likeness (QED) is 0.684. The molecule has 6 nitrogen and oxygen atoms in total. The van der Waals surface area contributed by atoms with Crippen LogP contribution in [0.25, 0.3) is 0 Å². The van der Waals surface area contributed by atoms with Crippen molar-refractivity contribution in [2.24, 2.45) is 0 Å². The Kier molecular flexibility index (Phi) is 4.41. The number of nitrogens with zero attached hydrogens (tertiary/aromatic N) is 4. The van der Waals surface area contributed by atoms with Gasteiger partial charge in [-0.3, -0.25) is 4.90 Å². The molecule has 1 saturated carbocycles. The van der Waals surface area contributed by atoms with E-state index in [2.05, 4.69) is 30.8 Å². The number of H-pyrrole nitrogens is 1. The summed E-state index contributed by atoms with van der Waals surface area (Å²) in [6.07, 6.45) is 14.3. The Bertz CT molecular complexity index is 971. The first kappa shape index (κ1) is 18.9. The molecule has 2 N–H and O–H groups in total. The van der Waals surface area contributed by atoms with Crippen LogP contribution in [0.15, 0.2) is 11.2 Å². The van der Waals surface area contributed by atoms with Crippen molar-refractivity contribution in [1.29, 1.82) is 0 Å². The van der Waals surface area contributed by atoms with E-state index in [-0.39, 0.29) is 0 Å². The number of hydrogen-bond acceptors (Lipinski definition) is 6. The molecule has 0 unspecified atom stereocenters. The van der Waals surface area contributed by atoms with Crippen molar-refractivity contribution in [2.75, 3.05) is 25.0 Å². The number of aryl methyl sites for hydroxylation is 2. The first-order valence-corrected chi connectivity index (χ1v) is 13.1. The summed E-state index contributed by atoms with van der Waals surface area (Å²) in [6.45, 7) is 3.62. The zero-order chi connectivity index (χ0) is 20.4. The first-order valence-electron chi connectivity index (χ1n) is 12.3. The summed E-state index contributed by atoms with van der Waals surface area (Å²) in [5, 5.41) is 12.2. The lowest BCUT2D eigenvalue weighted by molar-refractivity contribution is -0.0532. The minimum atomic E-state index is 0.526. The number of nitrogens with one attached hydrogen (secondary N) is 2. The number of aromatic nitrogens is 3. The Labute approximate surface area is 188 Å². The van der Waals surface area contributed by atoms with E-state index in [1.807, 2.05) is 0 Å². The number of hydrogen-bond donors (Lipinski definition) is 2. The lowest BCUT2D eigenvalue weighted by Gasteiger charge is -2.56. The topological polar surface area (TPSA) is 60.1 Å². The van der Waals surface area contributed by atoms with E-state index in [9.17, 15) is 0 Å². The summed E-state index contributed by atoms with van der Waals surface area (Å²) in [6, 6.07) is 3.39. The molecule has 1 aromatic heterocycles. The van der Waals surface area contributed by atoms with E-state index in [0.717, 1.165) is 30.2 Å². The highest BCUT2D eigenvalue weighted by atomic mass is 32.2. The monoisotopic (exact) mass is 436 g/mol. The van der Waals surface area contributed by atoms with E-state index in [4.69, 9.17) is 4.98 Å². The van der Waals surface area contributed by atoms with Gasteiger partial charge >= 0.3 is 0 Å². The molecule has 7 heteroatoms. The highest BCUT2D eigenvalue weighted by Gasteiger charge is 2.51. The molecule has 0 atom stereocenters. The van der Waals surface area contributed by atoms with Crippen LogP contribution in [0.4, 0.5) is 11.6 Å². The van der Waals surface area contributed by atoms with Gasteiger partial charge in [0, 0.05) is 48.9 Å². The number of piperidine rings is 1. The number of rotatable bonds is 5. The average Bonchev–Trinajstić information content (AvgIpc) is 3.16. The number of fused-ring (bicyclic) bond motifs is 2. The fraction of sp³-hybridized carbons (Fsp3) is 0.667. The Morgan fingerprint density at radius 2 is 1.68 bits per heavy atom. The van der Waals surface area contributed by atoms with Gasteiger partial charge in [-0.15, -0.1) is 5.10 Å². The molecule has 0 bridgehead atoms. The van der Waals surface area contributed by atoms with Crippen molar-refractivity contribution < 1.29 is 0 Å². The van der Waals surface area contributed by atoms with Crippen molar-refractivity contribution in [3.05, 3.63) is 28.3 Å². The lowest BCUT2D eigenvalue weighted by Crippen LogP contribution is -2.64. The zero-order valence-electron chi connectivity index (χ0n) is 18.3. The van der Waals surface area contributed by atoms with Crippen molar-refractivity contribution >= 4 is 23.6 Å². The van der Waals surface area contributed by atoms with Crippen molar-refractivity contribution in [3.8, 4) is 0 Å². The Hall–Kier alpha value is -1.57. The van der Waals surface area contributed by atoms with Crippen molar-refractivity contribution in [3.63, 3.8) is 0 Å². The molecule has 0 amide bonds. The molecule has 7 rings (SSSR count). The lowest BCUT2D eigenvalue weighted by atomic mass is 9.76. The van der Waals surface area contributed by atoms with Gasteiger partial charge in [0.15, 0.2) is 0 Å². The fourth-order valence-corrected chi connectivity index (χ4v) is 7.40. The highest BCUT2D eigenvalue weighted by molar-refractivity contribution is 7.96. The second-order valence-corrected chi connectivity index (χ2v) is 11.3. The van der Waals surface area contributed by atoms with Crippen LogP contribution < -0.4 is 5.32 Å². The van der Waals surface area contributed by atoms with E-state index >= 15 is 0 Å². The van der Waals surface area contributed by atoms with Gasteiger partial charge in [0.25, 0.3) is 0 Å². The van der Waals surface area contributed by atoms with Crippen LogP contribution in [0, 0.1) is 0 Å². The van der Waals surface area contributed by atoms with E-state index < -0.39 is 0 Å². The third-order valence-electron chi connectivity index (χ3n) is 8.46. The van der Waals surface area contributed by atoms with Gasteiger partial charge < -0.3 is 5.32 Å². The Morgan fingerprint density at radius 3 is 2.32 bits per heavy atom. The van der Waals surface area contributed by atoms with Crippen LogP contribution in [0.3, 0.4) is 0 Å². The largest absolute Gasteiger partial charge is 0.324 e. The standard InChI is InChI=1S/C24H32N6S/c1-3-16-15-17-4-2-6-20(17)21(19(16)5-1)25-22-26-23(28-27-22)31-29-12-9-24(10-13-29)11-14-30(24)18-7-8-18/h15,18H,1-14H2,(H2,25,26,27,28). The molecule has 3 heterocycles. The highest BCUT2D eigenvalue weighted by Crippen LogP contribution is 2.47. The molecule has 3 fully saturated rings. The van der Waals surface area contributed by atoms with E-state index in [1.165, 1.54) is 94.0 Å².